The molecule has 2 nitrogen and oxygen atoms in total. The van der Waals surface area contributed by atoms with E-state index >= 15 is 0 Å². The van der Waals surface area contributed by atoms with Crippen molar-refractivity contribution in [3.05, 3.63) is 12.2 Å². The molecule has 74 valence electrons. The van der Waals surface area contributed by atoms with Gasteiger partial charge in [0.1, 0.15) is 12.4 Å². The standard InChI is InChI=1S/C8H9F3O2/c9-8(10,11)4-3-7-6(13-7)2-1-5-12/h1-2,5-7H,3-4H2/t6-,7-/m0/s1. The third-order valence-electron chi connectivity index (χ3n) is 1.71. The molecule has 0 spiro atoms. The van der Waals surface area contributed by atoms with E-state index in [1.165, 1.54) is 12.2 Å². The van der Waals surface area contributed by atoms with Crippen molar-refractivity contribution in [3.63, 3.8) is 0 Å². The first-order chi connectivity index (χ1) is 6.03. The fourth-order valence-corrected chi connectivity index (χ4v) is 1.02. The molecule has 0 aliphatic carbocycles. The van der Waals surface area contributed by atoms with Gasteiger partial charge in [0.15, 0.2) is 0 Å². The molecule has 1 aliphatic heterocycles. The summed E-state index contributed by atoms with van der Waals surface area (Å²) in [6.07, 6.45) is -2.37. The van der Waals surface area contributed by atoms with Gasteiger partial charge in [-0.1, -0.05) is 6.08 Å². The maximum Gasteiger partial charge on any atom is 0.389 e. The third-order valence-corrected chi connectivity index (χ3v) is 1.71. The van der Waals surface area contributed by atoms with Crippen molar-refractivity contribution in [2.24, 2.45) is 0 Å². The second-order valence-corrected chi connectivity index (χ2v) is 2.81. The lowest BCUT2D eigenvalue weighted by Gasteiger charge is -2.02. The highest BCUT2D eigenvalue weighted by Crippen LogP contribution is 2.32. The van der Waals surface area contributed by atoms with E-state index in [0.29, 0.717) is 6.29 Å². The van der Waals surface area contributed by atoms with Crippen molar-refractivity contribution in [2.75, 3.05) is 0 Å². The van der Waals surface area contributed by atoms with Crippen molar-refractivity contribution in [2.45, 2.75) is 31.2 Å². The zero-order chi connectivity index (χ0) is 9.90. The van der Waals surface area contributed by atoms with Gasteiger partial charge in [-0.25, -0.2) is 0 Å². The fraction of sp³-hybridized carbons (Fsp3) is 0.625. The van der Waals surface area contributed by atoms with Gasteiger partial charge in [0.25, 0.3) is 0 Å². The monoisotopic (exact) mass is 194 g/mol. The van der Waals surface area contributed by atoms with Crippen molar-refractivity contribution < 1.29 is 22.7 Å². The summed E-state index contributed by atoms with van der Waals surface area (Å²) in [7, 11) is 0. The molecule has 0 N–H and O–H groups in total. The SMILES string of the molecule is O=CC=C[C@@H]1O[C@H]1CCC(F)(F)F. The average Bonchev–Trinajstić information content (AvgIpc) is 2.75. The van der Waals surface area contributed by atoms with Crippen LogP contribution in [0.15, 0.2) is 12.2 Å². The first kappa shape index (κ1) is 10.2. The third kappa shape index (κ3) is 4.07. The van der Waals surface area contributed by atoms with Gasteiger partial charge in [-0.05, 0) is 12.5 Å². The molecule has 1 fully saturated rings. The van der Waals surface area contributed by atoms with E-state index in [2.05, 4.69) is 0 Å². The van der Waals surface area contributed by atoms with Gasteiger partial charge >= 0.3 is 6.18 Å². The van der Waals surface area contributed by atoms with Gasteiger partial charge < -0.3 is 4.74 Å². The van der Waals surface area contributed by atoms with Crippen LogP contribution in [-0.2, 0) is 9.53 Å². The Morgan fingerprint density at radius 3 is 2.62 bits per heavy atom. The molecule has 2 atom stereocenters. The van der Waals surface area contributed by atoms with Gasteiger partial charge in [-0.2, -0.15) is 13.2 Å². The van der Waals surface area contributed by atoms with E-state index in [-0.39, 0.29) is 18.6 Å². The zero-order valence-electron chi connectivity index (χ0n) is 6.75. The second-order valence-electron chi connectivity index (χ2n) is 2.81. The van der Waals surface area contributed by atoms with Crippen LogP contribution in [0.25, 0.3) is 0 Å². The van der Waals surface area contributed by atoms with E-state index < -0.39 is 12.6 Å². The number of carbonyl (C=O) groups is 1. The Morgan fingerprint density at radius 1 is 1.38 bits per heavy atom. The Labute approximate surface area is 73.4 Å². The Hall–Kier alpha value is -0.840. The number of ether oxygens (including phenoxy) is 1. The van der Waals surface area contributed by atoms with Gasteiger partial charge in [0, 0.05) is 6.42 Å². The van der Waals surface area contributed by atoms with Crippen LogP contribution in [-0.4, -0.2) is 24.7 Å². The summed E-state index contributed by atoms with van der Waals surface area (Å²) in [5, 5.41) is 0. The summed E-state index contributed by atoms with van der Waals surface area (Å²) < 4.78 is 39.9. The first-order valence-electron chi connectivity index (χ1n) is 3.87. The minimum absolute atomic E-state index is 0.0304. The minimum Gasteiger partial charge on any atom is -0.365 e. The summed E-state index contributed by atoms with van der Waals surface area (Å²) in [5.74, 6) is 0. The second kappa shape index (κ2) is 3.91. The Bertz CT molecular complexity index is 210. The van der Waals surface area contributed by atoms with Crippen LogP contribution in [0.3, 0.4) is 0 Å². The van der Waals surface area contributed by atoms with Gasteiger partial charge in [0.2, 0.25) is 0 Å². The van der Waals surface area contributed by atoms with E-state index in [1.807, 2.05) is 0 Å². The number of rotatable bonds is 4. The molecule has 1 saturated heterocycles. The molecule has 0 aromatic carbocycles. The number of carbonyl (C=O) groups excluding carboxylic acids is 1. The van der Waals surface area contributed by atoms with Gasteiger partial charge in [0.05, 0.1) is 6.10 Å². The molecule has 5 heteroatoms. The molecule has 1 heterocycles. The number of halogens is 3. The number of hydrogen-bond donors (Lipinski definition) is 0. The molecule has 1 aliphatic rings. The molecule has 13 heavy (non-hydrogen) atoms. The predicted octanol–water partition coefficient (Wildman–Crippen LogP) is 1.85. The predicted molar refractivity (Wildman–Crippen MR) is 39.2 cm³/mol. The summed E-state index contributed by atoms with van der Waals surface area (Å²) in [6, 6.07) is 0. The zero-order valence-corrected chi connectivity index (χ0v) is 6.75. The maximum atomic E-state index is 11.7. The molecular formula is C8H9F3O2. The molecule has 0 amide bonds. The van der Waals surface area contributed by atoms with Crippen LogP contribution in [0, 0.1) is 0 Å². The Balaban J connectivity index is 2.14. The van der Waals surface area contributed by atoms with Crippen molar-refractivity contribution >= 4 is 6.29 Å². The van der Waals surface area contributed by atoms with Crippen LogP contribution >= 0.6 is 0 Å². The molecule has 0 unspecified atom stereocenters. The molecule has 0 saturated carbocycles. The lowest BCUT2D eigenvalue weighted by Crippen LogP contribution is -2.08. The topological polar surface area (TPSA) is 29.6 Å². The van der Waals surface area contributed by atoms with Crippen LogP contribution in [0.5, 0.6) is 0 Å². The Kier molecular flexibility index (Phi) is 3.08. The smallest absolute Gasteiger partial charge is 0.365 e. The number of hydrogen-bond acceptors (Lipinski definition) is 2. The van der Waals surface area contributed by atoms with Gasteiger partial charge in [-0.15, -0.1) is 0 Å². The van der Waals surface area contributed by atoms with Gasteiger partial charge in [-0.3, -0.25) is 4.79 Å². The van der Waals surface area contributed by atoms with E-state index in [1.54, 1.807) is 0 Å². The average molecular weight is 194 g/mol. The summed E-state index contributed by atoms with van der Waals surface area (Å²) in [4.78, 5) is 9.84. The Morgan fingerprint density at radius 2 is 2.08 bits per heavy atom. The van der Waals surface area contributed by atoms with Crippen molar-refractivity contribution in [1.82, 2.24) is 0 Å². The molecule has 1 rings (SSSR count). The first-order valence-corrected chi connectivity index (χ1v) is 3.87. The number of alkyl halides is 3. The van der Waals surface area contributed by atoms with Crippen molar-refractivity contribution in [3.8, 4) is 0 Å². The maximum absolute atomic E-state index is 11.7. The highest BCUT2D eigenvalue weighted by atomic mass is 19.4. The highest BCUT2D eigenvalue weighted by Gasteiger charge is 2.39. The highest BCUT2D eigenvalue weighted by molar-refractivity contribution is 5.64. The van der Waals surface area contributed by atoms with Crippen LogP contribution in [0.2, 0.25) is 0 Å². The molecule has 0 bridgehead atoms. The quantitative estimate of drug-likeness (QED) is 0.388. The van der Waals surface area contributed by atoms with Crippen LogP contribution in [0.1, 0.15) is 12.8 Å². The van der Waals surface area contributed by atoms with E-state index in [9.17, 15) is 18.0 Å². The van der Waals surface area contributed by atoms with Crippen LogP contribution in [0.4, 0.5) is 13.2 Å². The summed E-state index contributed by atoms with van der Waals surface area (Å²) in [5.41, 5.74) is 0. The number of aldehydes is 1. The van der Waals surface area contributed by atoms with Crippen LogP contribution < -0.4 is 0 Å². The number of allylic oxidation sites excluding steroid dienone is 1. The van der Waals surface area contributed by atoms with E-state index in [4.69, 9.17) is 4.74 Å². The van der Waals surface area contributed by atoms with E-state index in [0.717, 1.165) is 0 Å². The fourth-order valence-electron chi connectivity index (χ4n) is 1.02. The van der Waals surface area contributed by atoms with Crippen molar-refractivity contribution in [1.29, 1.82) is 0 Å². The summed E-state index contributed by atoms with van der Waals surface area (Å²) >= 11 is 0. The molecule has 0 aromatic heterocycles. The minimum atomic E-state index is -4.12. The largest absolute Gasteiger partial charge is 0.389 e. The number of epoxide rings is 1. The molecule has 0 radical (unpaired) electrons. The molecule has 0 aromatic rings. The summed E-state index contributed by atoms with van der Waals surface area (Å²) in [6.45, 7) is 0. The molecular weight excluding hydrogens is 185 g/mol. The lowest BCUT2D eigenvalue weighted by molar-refractivity contribution is -0.136. The normalized spacial score (nSPS) is 27.9. The lowest BCUT2D eigenvalue weighted by atomic mass is 10.2.